The van der Waals surface area contributed by atoms with Gasteiger partial charge in [-0.05, 0) is 43.2 Å². The zero-order valence-electron chi connectivity index (χ0n) is 18.9. The predicted octanol–water partition coefficient (Wildman–Crippen LogP) is 4.28. The van der Waals surface area contributed by atoms with Crippen molar-refractivity contribution in [3.05, 3.63) is 66.1 Å². The van der Waals surface area contributed by atoms with Gasteiger partial charge in [0.25, 0.3) is 0 Å². The number of nitrogens with zero attached hydrogens (tertiary/aromatic N) is 5. The Hall–Kier alpha value is -3.89. The molecule has 1 aromatic carbocycles. The van der Waals surface area contributed by atoms with Gasteiger partial charge in [0.05, 0.1) is 40.5 Å². The van der Waals surface area contributed by atoms with Crippen molar-refractivity contribution in [3.8, 4) is 23.1 Å². The number of halogens is 4. The van der Waals surface area contributed by atoms with Crippen molar-refractivity contribution in [1.29, 1.82) is 5.26 Å². The monoisotopic (exact) mass is 518 g/mol. The number of aromatic nitrogens is 4. The number of pyridine rings is 1. The fourth-order valence-corrected chi connectivity index (χ4v) is 4.87. The van der Waals surface area contributed by atoms with E-state index in [0.717, 1.165) is 12.3 Å². The van der Waals surface area contributed by atoms with Crippen molar-refractivity contribution in [2.75, 3.05) is 0 Å². The van der Waals surface area contributed by atoms with Crippen LogP contribution in [0.5, 0.6) is 0 Å². The molecule has 0 bridgehead atoms. The zero-order chi connectivity index (χ0) is 26.3. The van der Waals surface area contributed by atoms with E-state index >= 15 is 0 Å². The number of rotatable bonds is 6. The topological polar surface area (TPSA) is 114 Å². The summed E-state index contributed by atoms with van der Waals surface area (Å²) in [6, 6.07) is 4.94. The maximum absolute atomic E-state index is 14.6. The number of aryl methyl sites for hydroxylation is 1. The van der Waals surface area contributed by atoms with Crippen LogP contribution in [0.15, 0.2) is 54.1 Å². The molecule has 0 aliphatic carbocycles. The summed E-state index contributed by atoms with van der Waals surface area (Å²) in [5, 5.41) is 10.3. The molecule has 13 heteroatoms. The first-order valence-corrected chi connectivity index (χ1v) is 12.0. The van der Waals surface area contributed by atoms with Gasteiger partial charge in [-0.3, -0.25) is 4.98 Å². The molecule has 1 atom stereocenters. The fraction of sp³-hybridized carbons (Fsp3) is 0.217. The third-order valence-electron chi connectivity index (χ3n) is 5.55. The lowest BCUT2D eigenvalue weighted by Crippen LogP contribution is -2.42. The summed E-state index contributed by atoms with van der Waals surface area (Å²) in [6.07, 6.45) is 0.783. The summed E-state index contributed by atoms with van der Waals surface area (Å²) in [6.45, 7) is 2.46. The fourth-order valence-electron chi connectivity index (χ4n) is 3.70. The molecule has 4 aromatic rings. The average Bonchev–Trinajstić information content (AvgIpc) is 3.16. The Labute approximate surface area is 203 Å². The second kappa shape index (κ2) is 9.29. The van der Waals surface area contributed by atoms with Crippen LogP contribution in [0.4, 0.5) is 17.6 Å². The average molecular weight is 518 g/mol. The highest BCUT2D eigenvalue weighted by atomic mass is 32.2. The van der Waals surface area contributed by atoms with E-state index in [1.165, 1.54) is 30.9 Å². The molecule has 1 N–H and O–H groups in total. The normalized spacial score (nSPS) is 13.0. The lowest BCUT2D eigenvalue weighted by Gasteiger charge is -2.17. The summed E-state index contributed by atoms with van der Waals surface area (Å²) >= 11 is 0. The summed E-state index contributed by atoms with van der Waals surface area (Å²) < 4.78 is 81.2. The van der Waals surface area contributed by atoms with Gasteiger partial charge in [0.2, 0.25) is 10.0 Å². The number of benzene rings is 1. The molecule has 0 fully saturated rings. The Morgan fingerprint density at radius 2 is 1.86 bits per heavy atom. The maximum Gasteiger partial charge on any atom is 0.404 e. The molecule has 0 aliphatic heterocycles. The highest BCUT2D eigenvalue weighted by molar-refractivity contribution is 7.89. The second-order valence-electron chi connectivity index (χ2n) is 7.85. The molecule has 8 nitrogen and oxygen atoms in total. The number of hydrogen-bond donors (Lipinski definition) is 1. The van der Waals surface area contributed by atoms with Gasteiger partial charge < -0.3 is 4.57 Å². The zero-order valence-corrected chi connectivity index (χ0v) is 19.7. The first-order valence-electron chi connectivity index (χ1n) is 10.6. The van der Waals surface area contributed by atoms with Crippen molar-refractivity contribution in [1.82, 2.24) is 24.2 Å². The minimum Gasteiger partial charge on any atom is -0.303 e. The van der Waals surface area contributed by atoms with Gasteiger partial charge in [-0.2, -0.15) is 23.2 Å². The quantitative estimate of drug-likeness (QED) is 0.381. The van der Waals surface area contributed by atoms with Crippen LogP contribution in [0, 0.1) is 17.1 Å². The highest BCUT2D eigenvalue weighted by Crippen LogP contribution is 2.36. The number of fused-ring (bicyclic) bond motifs is 1. The number of alkyl halides is 3. The standard InChI is InChI=1S/C23H18F4N6O2S/c1-3-14-6-21-17(7-19(14)24)18(8-28)22(33(21)15-9-29-12-30-10-15)20-5-4-16(11-31-20)36(34,35)32-13(2)23(25,26)27/h4-7,9-13,32H,3H2,1-2H3/t13-/m0/s1. The molecule has 3 aromatic heterocycles. The molecule has 0 radical (unpaired) electrons. The third kappa shape index (κ3) is 4.52. The number of nitriles is 1. The second-order valence-corrected chi connectivity index (χ2v) is 9.56. The molecular weight excluding hydrogens is 500 g/mol. The van der Waals surface area contributed by atoms with Crippen LogP contribution in [0.2, 0.25) is 0 Å². The number of hydrogen-bond acceptors (Lipinski definition) is 6. The molecule has 36 heavy (non-hydrogen) atoms. The predicted molar refractivity (Wildman–Crippen MR) is 122 cm³/mol. The first-order chi connectivity index (χ1) is 17.0. The van der Waals surface area contributed by atoms with Gasteiger partial charge in [-0.15, -0.1) is 0 Å². The van der Waals surface area contributed by atoms with E-state index in [2.05, 4.69) is 21.0 Å². The van der Waals surface area contributed by atoms with Crippen LogP contribution in [0.25, 0.3) is 28.0 Å². The van der Waals surface area contributed by atoms with Gasteiger partial charge in [0.1, 0.15) is 29.2 Å². The molecule has 0 saturated carbocycles. The Bertz CT molecular complexity index is 1580. The van der Waals surface area contributed by atoms with Crippen molar-refractivity contribution >= 4 is 20.9 Å². The molecule has 0 spiro atoms. The van der Waals surface area contributed by atoms with Crippen LogP contribution in [-0.2, 0) is 16.4 Å². The van der Waals surface area contributed by atoms with Gasteiger partial charge in [0, 0.05) is 11.6 Å². The lowest BCUT2D eigenvalue weighted by atomic mass is 10.1. The van der Waals surface area contributed by atoms with Crippen molar-refractivity contribution < 1.29 is 26.0 Å². The number of nitrogens with one attached hydrogen (secondary N) is 1. The molecule has 0 amide bonds. The molecule has 0 unspecified atom stereocenters. The third-order valence-corrected chi connectivity index (χ3v) is 7.07. The van der Waals surface area contributed by atoms with Crippen LogP contribution >= 0.6 is 0 Å². The Morgan fingerprint density at radius 1 is 1.17 bits per heavy atom. The molecule has 4 rings (SSSR count). The van der Waals surface area contributed by atoms with Crippen molar-refractivity contribution in [3.63, 3.8) is 0 Å². The van der Waals surface area contributed by atoms with Crippen molar-refractivity contribution in [2.24, 2.45) is 0 Å². The van der Waals surface area contributed by atoms with E-state index in [0.29, 0.717) is 35.5 Å². The highest BCUT2D eigenvalue weighted by Gasteiger charge is 2.39. The van der Waals surface area contributed by atoms with Gasteiger partial charge in [0.15, 0.2) is 0 Å². The minimum absolute atomic E-state index is 0.0716. The largest absolute Gasteiger partial charge is 0.404 e. The van der Waals surface area contributed by atoms with E-state index in [1.807, 2.05) is 0 Å². The first kappa shape index (κ1) is 25.2. The van der Waals surface area contributed by atoms with Gasteiger partial charge in [-0.1, -0.05) is 6.92 Å². The molecule has 3 heterocycles. The van der Waals surface area contributed by atoms with E-state index in [4.69, 9.17) is 0 Å². The van der Waals surface area contributed by atoms with Crippen molar-refractivity contribution in [2.45, 2.75) is 37.4 Å². The number of sulfonamides is 1. The SMILES string of the molecule is CCc1cc2c(cc1F)c(C#N)c(-c1ccc(S(=O)(=O)N[C@@H](C)C(F)(F)F)cn1)n2-c1cncnc1. The van der Waals surface area contributed by atoms with Crippen LogP contribution in [0.1, 0.15) is 25.0 Å². The summed E-state index contributed by atoms with van der Waals surface area (Å²) in [5.74, 6) is -0.492. The van der Waals surface area contributed by atoms with Crippen LogP contribution in [-0.4, -0.2) is 40.2 Å². The lowest BCUT2D eigenvalue weighted by molar-refractivity contribution is -0.147. The smallest absolute Gasteiger partial charge is 0.303 e. The van der Waals surface area contributed by atoms with E-state index < -0.39 is 33.0 Å². The molecule has 0 saturated heterocycles. The molecule has 186 valence electrons. The molecule has 0 aliphatic rings. The summed E-state index contributed by atoms with van der Waals surface area (Å²) in [7, 11) is -4.53. The Kier molecular flexibility index (Phi) is 6.50. The maximum atomic E-state index is 14.6. The van der Waals surface area contributed by atoms with E-state index in [1.54, 1.807) is 22.3 Å². The van der Waals surface area contributed by atoms with Crippen LogP contribution in [0.3, 0.4) is 0 Å². The van der Waals surface area contributed by atoms with E-state index in [-0.39, 0.29) is 17.0 Å². The summed E-state index contributed by atoms with van der Waals surface area (Å²) in [4.78, 5) is 11.6. The Morgan fingerprint density at radius 3 is 2.42 bits per heavy atom. The van der Waals surface area contributed by atoms with Gasteiger partial charge >= 0.3 is 6.18 Å². The Balaban J connectivity index is 1.91. The molecular formula is C23H18F4N6O2S. The van der Waals surface area contributed by atoms with Gasteiger partial charge in [-0.25, -0.2) is 22.8 Å². The minimum atomic E-state index is -4.77. The van der Waals surface area contributed by atoms with E-state index in [9.17, 15) is 31.2 Å². The summed E-state index contributed by atoms with van der Waals surface area (Å²) in [5.41, 5.74) is 1.75. The van der Waals surface area contributed by atoms with Crippen LogP contribution < -0.4 is 4.72 Å².